The van der Waals surface area contributed by atoms with Gasteiger partial charge >= 0.3 is 6.09 Å². The second kappa shape index (κ2) is 6.15. The molecule has 0 aromatic carbocycles. The molecule has 2 atom stereocenters. The van der Waals surface area contributed by atoms with Crippen LogP contribution in [-0.2, 0) is 14.3 Å². The third-order valence-electron chi connectivity index (χ3n) is 3.99. The van der Waals surface area contributed by atoms with Gasteiger partial charge in [0.2, 0.25) is 5.91 Å². The predicted octanol–water partition coefficient (Wildman–Crippen LogP) is 2.58. The SMILES string of the molecule is C[C@@H]1OC(C)(C)N(C(=O)OC(C)(C)C)[C@@H]1C(=O)NC1CC=CC1. The first-order valence-corrected chi connectivity index (χ1v) is 8.17. The molecule has 2 amide bonds. The van der Waals surface area contributed by atoms with Crippen LogP contribution in [0.1, 0.15) is 54.4 Å². The summed E-state index contributed by atoms with van der Waals surface area (Å²) in [5.74, 6) is -0.192. The van der Waals surface area contributed by atoms with Crippen molar-refractivity contribution in [3.8, 4) is 0 Å². The highest BCUT2D eigenvalue weighted by Crippen LogP contribution is 2.34. The fourth-order valence-electron chi connectivity index (χ4n) is 3.12. The summed E-state index contributed by atoms with van der Waals surface area (Å²) < 4.78 is 11.3. The Kier molecular flexibility index (Phi) is 4.76. The molecule has 6 heteroatoms. The van der Waals surface area contributed by atoms with Crippen molar-refractivity contribution >= 4 is 12.0 Å². The lowest BCUT2D eigenvalue weighted by Crippen LogP contribution is -2.56. The number of ether oxygens (including phenoxy) is 2. The maximum atomic E-state index is 12.7. The van der Waals surface area contributed by atoms with Gasteiger partial charge in [-0.25, -0.2) is 4.79 Å². The van der Waals surface area contributed by atoms with E-state index in [2.05, 4.69) is 17.5 Å². The van der Waals surface area contributed by atoms with E-state index in [1.807, 2.05) is 6.92 Å². The van der Waals surface area contributed by atoms with E-state index in [0.29, 0.717) is 0 Å². The fraction of sp³-hybridized carbons (Fsp3) is 0.765. The van der Waals surface area contributed by atoms with Crippen LogP contribution in [0.4, 0.5) is 4.79 Å². The standard InChI is InChI=1S/C17H28N2O4/c1-11-13(14(20)18-12-9-7-8-10-12)19(17(5,6)22-11)15(21)23-16(2,3)4/h7-8,11-13H,9-10H2,1-6H3,(H,18,20)/t11-,13-/m0/s1. The molecule has 1 N–H and O–H groups in total. The maximum Gasteiger partial charge on any atom is 0.413 e. The van der Waals surface area contributed by atoms with Crippen molar-refractivity contribution in [1.29, 1.82) is 0 Å². The first-order chi connectivity index (χ1) is 10.5. The maximum absolute atomic E-state index is 12.7. The zero-order valence-electron chi connectivity index (χ0n) is 14.9. The molecule has 6 nitrogen and oxygen atoms in total. The Balaban J connectivity index is 2.16. The normalized spacial score (nSPS) is 27.3. The summed E-state index contributed by atoms with van der Waals surface area (Å²) in [6, 6.07) is -0.598. The Morgan fingerprint density at radius 1 is 1.26 bits per heavy atom. The minimum atomic E-state index is -0.891. The lowest BCUT2D eigenvalue weighted by Gasteiger charge is -2.34. The van der Waals surface area contributed by atoms with Gasteiger partial charge in [-0.05, 0) is 54.4 Å². The Bertz CT molecular complexity index is 499. The Hall–Kier alpha value is -1.56. The van der Waals surface area contributed by atoms with E-state index in [9.17, 15) is 9.59 Å². The van der Waals surface area contributed by atoms with Crippen LogP contribution < -0.4 is 5.32 Å². The van der Waals surface area contributed by atoms with Gasteiger partial charge in [-0.15, -0.1) is 0 Å². The summed E-state index contributed by atoms with van der Waals surface area (Å²) in [6.45, 7) is 10.8. The van der Waals surface area contributed by atoms with E-state index in [1.54, 1.807) is 34.6 Å². The van der Waals surface area contributed by atoms with E-state index in [-0.39, 0.29) is 11.9 Å². The molecule has 2 rings (SSSR count). The number of nitrogens with one attached hydrogen (secondary N) is 1. The van der Waals surface area contributed by atoms with Gasteiger partial charge in [0.1, 0.15) is 17.4 Å². The number of rotatable bonds is 2. The number of carbonyl (C=O) groups is 2. The fourth-order valence-corrected chi connectivity index (χ4v) is 3.12. The molecular weight excluding hydrogens is 296 g/mol. The topological polar surface area (TPSA) is 67.9 Å². The molecule has 0 radical (unpaired) electrons. The third-order valence-corrected chi connectivity index (χ3v) is 3.99. The van der Waals surface area contributed by atoms with Crippen molar-refractivity contribution in [2.75, 3.05) is 0 Å². The predicted molar refractivity (Wildman–Crippen MR) is 86.8 cm³/mol. The molecule has 2 aliphatic rings. The first-order valence-electron chi connectivity index (χ1n) is 8.17. The van der Waals surface area contributed by atoms with Gasteiger partial charge in [0.15, 0.2) is 0 Å². The van der Waals surface area contributed by atoms with Gasteiger partial charge in [-0.1, -0.05) is 12.2 Å². The van der Waals surface area contributed by atoms with Crippen molar-refractivity contribution in [2.45, 2.75) is 83.9 Å². The number of hydrogen-bond acceptors (Lipinski definition) is 4. The highest BCUT2D eigenvalue weighted by molar-refractivity contribution is 5.87. The Morgan fingerprint density at radius 3 is 2.35 bits per heavy atom. The molecule has 0 unspecified atom stereocenters. The van der Waals surface area contributed by atoms with Gasteiger partial charge < -0.3 is 14.8 Å². The zero-order chi connectivity index (χ0) is 17.4. The minimum Gasteiger partial charge on any atom is -0.444 e. The van der Waals surface area contributed by atoms with Crippen molar-refractivity contribution in [2.24, 2.45) is 0 Å². The molecule has 1 saturated heterocycles. The van der Waals surface area contributed by atoms with Crippen LogP contribution >= 0.6 is 0 Å². The second-order valence-corrected chi connectivity index (χ2v) is 7.71. The molecule has 130 valence electrons. The van der Waals surface area contributed by atoms with Gasteiger partial charge in [-0.2, -0.15) is 0 Å². The molecule has 23 heavy (non-hydrogen) atoms. The van der Waals surface area contributed by atoms with E-state index < -0.39 is 29.6 Å². The number of carbonyl (C=O) groups excluding carboxylic acids is 2. The van der Waals surface area contributed by atoms with Crippen molar-refractivity contribution in [3.63, 3.8) is 0 Å². The summed E-state index contributed by atoms with van der Waals surface area (Å²) in [4.78, 5) is 26.7. The first kappa shape index (κ1) is 17.8. The Labute approximate surface area is 138 Å². The van der Waals surface area contributed by atoms with Crippen LogP contribution in [-0.4, -0.2) is 46.4 Å². The summed E-state index contributed by atoms with van der Waals surface area (Å²) in [5, 5.41) is 3.01. The van der Waals surface area contributed by atoms with Crippen LogP contribution in [0.25, 0.3) is 0 Å². The van der Waals surface area contributed by atoms with Crippen LogP contribution in [0.5, 0.6) is 0 Å². The van der Waals surface area contributed by atoms with Gasteiger partial charge in [-0.3, -0.25) is 9.69 Å². The lowest BCUT2D eigenvalue weighted by molar-refractivity contribution is -0.127. The summed E-state index contributed by atoms with van der Waals surface area (Å²) in [7, 11) is 0. The average Bonchev–Trinajstić information content (AvgIpc) is 2.91. The summed E-state index contributed by atoms with van der Waals surface area (Å²) >= 11 is 0. The Morgan fingerprint density at radius 2 is 1.83 bits per heavy atom. The minimum absolute atomic E-state index is 0.0962. The van der Waals surface area contributed by atoms with E-state index in [4.69, 9.17) is 9.47 Å². The highest BCUT2D eigenvalue weighted by atomic mass is 16.6. The van der Waals surface area contributed by atoms with Gasteiger partial charge in [0.05, 0.1) is 6.10 Å². The monoisotopic (exact) mass is 324 g/mol. The van der Waals surface area contributed by atoms with Gasteiger partial charge in [0, 0.05) is 6.04 Å². The van der Waals surface area contributed by atoms with E-state index >= 15 is 0 Å². The molecule has 1 fully saturated rings. The van der Waals surface area contributed by atoms with E-state index in [0.717, 1.165) is 12.8 Å². The lowest BCUT2D eigenvalue weighted by atomic mass is 10.1. The van der Waals surface area contributed by atoms with Gasteiger partial charge in [0.25, 0.3) is 0 Å². The molecule has 1 aliphatic carbocycles. The van der Waals surface area contributed by atoms with Crippen molar-refractivity contribution in [1.82, 2.24) is 10.2 Å². The second-order valence-electron chi connectivity index (χ2n) is 7.71. The van der Waals surface area contributed by atoms with Crippen molar-refractivity contribution in [3.05, 3.63) is 12.2 Å². The molecule has 0 aromatic heterocycles. The molecule has 0 bridgehead atoms. The van der Waals surface area contributed by atoms with Crippen LogP contribution in [0.3, 0.4) is 0 Å². The van der Waals surface area contributed by atoms with Crippen LogP contribution in [0.2, 0.25) is 0 Å². The number of nitrogens with zero attached hydrogens (tertiary/aromatic N) is 1. The molecule has 1 heterocycles. The number of hydrogen-bond donors (Lipinski definition) is 1. The highest BCUT2D eigenvalue weighted by Gasteiger charge is 2.52. The molecule has 0 aromatic rings. The number of amides is 2. The van der Waals surface area contributed by atoms with E-state index in [1.165, 1.54) is 4.90 Å². The average molecular weight is 324 g/mol. The molecule has 1 aliphatic heterocycles. The van der Waals surface area contributed by atoms with Crippen LogP contribution in [0, 0.1) is 0 Å². The third kappa shape index (κ3) is 4.05. The molecule has 0 saturated carbocycles. The van der Waals surface area contributed by atoms with Crippen molar-refractivity contribution < 1.29 is 19.1 Å². The van der Waals surface area contributed by atoms with Crippen LogP contribution in [0.15, 0.2) is 12.2 Å². The summed E-state index contributed by atoms with van der Waals surface area (Å²) in [5.41, 5.74) is -1.52. The summed E-state index contributed by atoms with van der Waals surface area (Å²) in [6.07, 6.45) is 4.82. The molecule has 0 spiro atoms. The zero-order valence-corrected chi connectivity index (χ0v) is 14.9. The smallest absolute Gasteiger partial charge is 0.413 e. The molecular formula is C17H28N2O4. The largest absolute Gasteiger partial charge is 0.444 e. The quantitative estimate of drug-likeness (QED) is 0.793.